The molecule has 0 amide bonds. The predicted molar refractivity (Wildman–Crippen MR) is 91.1 cm³/mol. The third-order valence-corrected chi connectivity index (χ3v) is 4.54. The fourth-order valence-electron chi connectivity index (χ4n) is 3.39. The molecule has 112 valence electrons. The van der Waals surface area contributed by atoms with Gasteiger partial charge in [-0.2, -0.15) is 0 Å². The SMILES string of the molecule is C1=C(CN2CCCCC2)c2ccccc2Oc2ccccc21. The first kappa shape index (κ1) is 13.6. The number of rotatable bonds is 2. The van der Waals surface area contributed by atoms with Gasteiger partial charge in [-0.05, 0) is 49.7 Å². The van der Waals surface area contributed by atoms with E-state index >= 15 is 0 Å². The van der Waals surface area contributed by atoms with Gasteiger partial charge in [0.05, 0.1) is 0 Å². The van der Waals surface area contributed by atoms with Crippen molar-refractivity contribution < 1.29 is 4.74 Å². The molecule has 22 heavy (non-hydrogen) atoms. The Morgan fingerprint density at radius 1 is 0.818 bits per heavy atom. The number of nitrogens with zero attached hydrogens (tertiary/aromatic N) is 1. The molecular formula is C20H21NO. The minimum atomic E-state index is 0.948. The van der Waals surface area contributed by atoms with E-state index in [0.717, 1.165) is 18.0 Å². The maximum absolute atomic E-state index is 6.15. The van der Waals surface area contributed by atoms with Gasteiger partial charge in [0.25, 0.3) is 0 Å². The maximum atomic E-state index is 6.15. The van der Waals surface area contributed by atoms with Crippen LogP contribution in [-0.4, -0.2) is 24.5 Å². The lowest BCUT2D eigenvalue weighted by Crippen LogP contribution is -2.31. The molecule has 2 aliphatic rings. The molecule has 2 nitrogen and oxygen atoms in total. The first-order valence-electron chi connectivity index (χ1n) is 8.19. The number of hydrogen-bond acceptors (Lipinski definition) is 2. The molecule has 0 unspecified atom stereocenters. The first-order valence-corrected chi connectivity index (χ1v) is 8.19. The van der Waals surface area contributed by atoms with E-state index in [1.165, 1.54) is 49.1 Å². The minimum Gasteiger partial charge on any atom is -0.456 e. The smallest absolute Gasteiger partial charge is 0.135 e. The summed E-state index contributed by atoms with van der Waals surface area (Å²) in [6, 6.07) is 16.7. The molecule has 0 N–H and O–H groups in total. The maximum Gasteiger partial charge on any atom is 0.135 e. The van der Waals surface area contributed by atoms with Gasteiger partial charge in [-0.3, -0.25) is 4.90 Å². The lowest BCUT2D eigenvalue weighted by molar-refractivity contribution is 0.255. The Hall–Kier alpha value is -2.06. The molecule has 0 radical (unpaired) electrons. The van der Waals surface area contributed by atoms with Crippen molar-refractivity contribution in [2.45, 2.75) is 19.3 Å². The van der Waals surface area contributed by atoms with Gasteiger partial charge in [0, 0.05) is 17.7 Å². The highest BCUT2D eigenvalue weighted by molar-refractivity contribution is 5.87. The summed E-state index contributed by atoms with van der Waals surface area (Å²) in [7, 11) is 0. The second kappa shape index (κ2) is 5.98. The van der Waals surface area contributed by atoms with Crippen LogP contribution in [0.5, 0.6) is 11.5 Å². The van der Waals surface area contributed by atoms with Crippen LogP contribution in [0.25, 0.3) is 11.6 Å². The molecule has 0 spiro atoms. The van der Waals surface area contributed by atoms with Crippen molar-refractivity contribution in [2.75, 3.05) is 19.6 Å². The Morgan fingerprint density at radius 3 is 2.41 bits per heavy atom. The van der Waals surface area contributed by atoms with Gasteiger partial charge >= 0.3 is 0 Å². The molecule has 0 aromatic heterocycles. The molecule has 0 aliphatic carbocycles. The van der Waals surface area contributed by atoms with Gasteiger partial charge < -0.3 is 4.74 Å². The zero-order chi connectivity index (χ0) is 14.8. The summed E-state index contributed by atoms with van der Waals surface area (Å²) in [6.07, 6.45) is 6.32. The molecule has 0 bridgehead atoms. The van der Waals surface area contributed by atoms with E-state index in [-0.39, 0.29) is 0 Å². The number of benzene rings is 2. The number of fused-ring (bicyclic) bond motifs is 2. The van der Waals surface area contributed by atoms with Crippen LogP contribution >= 0.6 is 0 Å². The average molecular weight is 291 g/mol. The van der Waals surface area contributed by atoms with Crippen molar-refractivity contribution >= 4 is 11.6 Å². The summed E-state index contributed by atoms with van der Waals surface area (Å²) >= 11 is 0. The van der Waals surface area contributed by atoms with Gasteiger partial charge in [0.15, 0.2) is 0 Å². The fraction of sp³-hybridized carbons (Fsp3) is 0.300. The van der Waals surface area contributed by atoms with Crippen molar-refractivity contribution in [3.63, 3.8) is 0 Å². The molecule has 0 atom stereocenters. The highest BCUT2D eigenvalue weighted by atomic mass is 16.5. The van der Waals surface area contributed by atoms with Gasteiger partial charge in [0.1, 0.15) is 11.5 Å². The zero-order valence-electron chi connectivity index (χ0n) is 12.8. The van der Waals surface area contributed by atoms with E-state index in [4.69, 9.17) is 4.74 Å². The molecule has 4 rings (SSSR count). The van der Waals surface area contributed by atoms with Gasteiger partial charge in [-0.15, -0.1) is 0 Å². The molecule has 0 saturated carbocycles. The van der Waals surface area contributed by atoms with E-state index in [0.29, 0.717) is 0 Å². The predicted octanol–water partition coefficient (Wildman–Crippen LogP) is 4.82. The number of ether oxygens (including phenoxy) is 1. The highest BCUT2D eigenvalue weighted by Crippen LogP contribution is 2.38. The summed E-state index contributed by atoms with van der Waals surface area (Å²) in [6.45, 7) is 3.43. The summed E-state index contributed by atoms with van der Waals surface area (Å²) in [5.41, 5.74) is 3.76. The standard InChI is InChI=1S/C20H21NO/c1-6-12-21(13-7-1)15-17-14-16-8-2-4-10-19(16)22-20-11-5-3-9-18(17)20/h2-5,8-11,14H,1,6-7,12-13,15H2. The van der Waals surface area contributed by atoms with Crippen molar-refractivity contribution in [1.82, 2.24) is 4.90 Å². The van der Waals surface area contributed by atoms with Gasteiger partial charge in [-0.1, -0.05) is 42.8 Å². The first-order chi connectivity index (χ1) is 10.9. The van der Waals surface area contributed by atoms with Crippen LogP contribution < -0.4 is 4.74 Å². The van der Waals surface area contributed by atoms with Crippen LogP contribution in [0.3, 0.4) is 0 Å². The monoisotopic (exact) mass is 291 g/mol. The quantitative estimate of drug-likeness (QED) is 0.786. The summed E-state index contributed by atoms with van der Waals surface area (Å²) in [5.74, 6) is 1.92. The fourth-order valence-corrected chi connectivity index (χ4v) is 3.39. The van der Waals surface area contributed by atoms with E-state index in [2.05, 4.69) is 41.3 Å². The Labute approximate surface area is 132 Å². The van der Waals surface area contributed by atoms with Crippen molar-refractivity contribution in [1.29, 1.82) is 0 Å². The van der Waals surface area contributed by atoms with Gasteiger partial charge in [-0.25, -0.2) is 0 Å². The molecule has 1 saturated heterocycles. The molecular weight excluding hydrogens is 270 g/mol. The minimum absolute atomic E-state index is 0.948. The molecule has 2 heteroatoms. The Bertz CT molecular complexity index is 698. The van der Waals surface area contributed by atoms with E-state index < -0.39 is 0 Å². The molecule has 1 fully saturated rings. The third kappa shape index (κ3) is 2.67. The summed E-state index contributed by atoms with van der Waals surface area (Å²) in [4.78, 5) is 2.57. The van der Waals surface area contributed by atoms with Gasteiger partial charge in [0.2, 0.25) is 0 Å². The molecule has 2 aromatic carbocycles. The molecule has 2 aliphatic heterocycles. The van der Waals surface area contributed by atoms with Crippen LogP contribution in [0.1, 0.15) is 30.4 Å². The number of hydrogen-bond donors (Lipinski definition) is 0. The number of para-hydroxylation sites is 2. The normalized spacial score (nSPS) is 17.7. The van der Waals surface area contributed by atoms with E-state index in [1.54, 1.807) is 0 Å². The second-order valence-electron chi connectivity index (χ2n) is 6.14. The lowest BCUT2D eigenvalue weighted by Gasteiger charge is -2.27. The van der Waals surface area contributed by atoms with Crippen LogP contribution in [0.4, 0.5) is 0 Å². The zero-order valence-corrected chi connectivity index (χ0v) is 12.8. The Kier molecular flexibility index (Phi) is 3.69. The van der Waals surface area contributed by atoms with Crippen molar-refractivity contribution in [3.05, 3.63) is 59.7 Å². The summed E-state index contributed by atoms with van der Waals surface area (Å²) < 4.78 is 6.15. The third-order valence-electron chi connectivity index (χ3n) is 4.54. The van der Waals surface area contributed by atoms with Crippen LogP contribution in [-0.2, 0) is 0 Å². The van der Waals surface area contributed by atoms with E-state index in [9.17, 15) is 0 Å². The number of piperidine rings is 1. The second-order valence-corrected chi connectivity index (χ2v) is 6.14. The van der Waals surface area contributed by atoms with Crippen molar-refractivity contribution in [3.8, 4) is 11.5 Å². The lowest BCUT2D eigenvalue weighted by atomic mass is 10.0. The Balaban J connectivity index is 1.74. The summed E-state index contributed by atoms with van der Waals surface area (Å²) in [5, 5.41) is 0. The molecule has 2 heterocycles. The highest BCUT2D eigenvalue weighted by Gasteiger charge is 2.19. The van der Waals surface area contributed by atoms with Crippen molar-refractivity contribution in [2.24, 2.45) is 0 Å². The Morgan fingerprint density at radius 2 is 1.55 bits per heavy atom. The number of likely N-dealkylation sites (tertiary alicyclic amines) is 1. The van der Waals surface area contributed by atoms with Crippen LogP contribution in [0, 0.1) is 0 Å². The average Bonchev–Trinajstić information content (AvgIpc) is 2.72. The van der Waals surface area contributed by atoms with Crippen LogP contribution in [0.15, 0.2) is 48.5 Å². The largest absolute Gasteiger partial charge is 0.456 e. The van der Waals surface area contributed by atoms with Crippen LogP contribution in [0.2, 0.25) is 0 Å². The molecule has 2 aromatic rings. The van der Waals surface area contributed by atoms with E-state index in [1.807, 2.05) is 18.2 Å². The topological polar surface area (TPSA) is 12.5 Å².